The first kappa shape index (κ1) is 11.8. The number of rotatable bonds is 2. The first-order chi connectivity index (χ1) is 8.47. The number of nitrogens with one attached hydrogen (secondary N) is 2. The Bertz CT molecular complexity index is 583. The molecule has 1 aromatic carbocycles. The predicted octanol–water partition coefficient (Wildman–Crippen LogP) is 1.09. The number of aromatic hydroxyl groups is 3. The van der Waals surface area contributed by atoms with Crippen LogP contribution < -0.4 is 5.32 Å². The summed E-state index contributed by atoms with van der Waals surface area (Å²) in [4.78, 5) is 11.8. The number of H-pyrrole nitrogens is 1. The highest BCUT2D eigenvalue weighted by Gasteiger charge is 2.14. The van der Waals surface area contributed by atoms with E-state index in [9.17, 15) is 15.0 Å². The Kier molecular flexibility index (Phi) is 2.80. The molecule has 0 atom stereocenters. The molecule has 1 amide bonds. The van der Waals surface area contributed by atoms with Gasteiger partial charge in [-0.25, -0.2) is 0 Å². The number of benzene rings is 1. The molecular weight excluding hydrogens is 238 g/mol. The summed E-state index contributed by atoms with van der Waals surface area (Å²) in [6, 6.07) is 3.71. The van der Waals surface area contributed by atoms with Crippen LogP contribution in [-0.4, -0.2) is 31.4 Å². The molecule has 7 nitrogen and oxygen atoms in total. The molecule has 0 aliphatic heterocycles. The first-order valence-corrected chi connectivity index (χ1v) is 5.05. The Morgan fingerprint density at radius 3 is 2.33 bits per heavy atom. The Labute approximate surface area is 102 Å². The lowest BCUT2D eigenvalue weighted by atomic mass is 10.1. The van der Waals surface area contributed by atoms with Crippen molar-refractivity contribution in [3.05, 3.63) is 29.5 Å². The Morgan fingerprint density at radius 2 is 1.83 bits per heavy atom. The maximum atomic E-state index is 11.8. The van der Waals surface area contributed by atoms with Gasteiger partial charge in [-0.05, 0) is 19.1 Å². The molecule has 2 rings (SSSR count). The number of aromatic amines is 1. The van der Waals surface area contributed by atoms with Crippen molar-refractivity contribution in [2.75, 3.05) is 5.32 Å². The molecule has 18 heavy (non-hydrogen) atoms. The summed E-state index contributed by atoms with van der Waals surface area (Å²) in [6.45, 7) is 1.78. The van der Waals surface area contributed by atoms with Crippen LogP contribution >= 0.6 is 0 Å². The van der Waals surface area contributed by atoms with E-state index < -0.39 is 23.2 Å². The Balaban J connectivity index is 2.24. The molecule has 0 aliphatic carbocycles. The fraction of sp³-hybridized carbons (Fsp3) is 0.0909. The molecule has 0 bridgehead atoms. The lowest BCUT2D eigenvalue weighted by Crippen LogP contribution is -2.12. The van der Waals surface area contributed by atoms with E-state index in [1.165, 1.54) is 0 Å². The predicted molar refractivity (Wildman–Crippen MR) is 62.7 cm³/mol. The molecule has 1 heterocycles. The molecule has 0 radical (unpaired) electrons. The first-order valence-electron chi connectivity index (χ1n) is 5.05. The van der Waals surface area contributed by atoms with E-state index in [-0.39, 0.29) is 5.56 Å². The highest BCUT2D eigenvalue weighted by atomic mass is 16.3. The molecule has 0 aliphatic rings. The fourth-order valence-electron chi connectivity index (χ4n) is 1.41. The van der Waals surface area contributed by atoms with Gasteiger partial charge in [-0.1, -0.05) is 0 Å². The van der Waals surface area contributed by atoms with Gasteiger partial charge in [-0.3, -0.25) is 9.89 Å². The van der Waals surface area contributed by atoms with Crippen molar-refractivity contribution in [3.63, 3.8) is 0 Å². The molecule has 0 fully saturated rings. The van der Waals surface area contributed by atoms with Crippen molar-refractivity contribution >= 4 is 11.7 Å². The number of phenolic OH excluding ortho intramolecular Hbond substituents is 3. The molecule has 5 N–H and O–H groups in total. The zero-order valence-corrected chi connectivity index (χ0v) is 9.43. The van der Waals surface area contributed by atoms with Crippen molar-refractivity contribution in [1.29, 1.82) is 0 Å². The number of aryl methyl sites for hydroxylation is 1. The number of carbonyl (C=O) groups excluding carboxylic acids is 1. The van der Waals surface area contributed by atoms with Crippen LogP contribution in [-0.2, 0) is 0 Å². The van der Waals surface area contributed by atoms with Crippen molar-refractivity contribution in [2.24, 2.45) is 0 Å². The van der Waals surface area contributed by atoms with Gasteiger partial charge in [-0.15, -0.1) is 0 Å². The molecule has 94 valence electrons. The number of nitrogens with zero attached hydrogens (tertiary/aromatic N) is 1. The van der Waals surface area contributed by atoms with E-state index in [1.807, 2.05) is 0 Å². The van der Waals surface area contributed by atoms with Crippen LogP contribution in [0.4, 0.5) is 5.82 Å². The van der Waals surface area contributed by atoms with Gasteiger partial charge in [-0.2, -0.15) is 5.10 Å². The summed E-state index contributed by atoms with van der Waals surface area (Å²) in [5.74, 6) is -2.05. The second-order valence-electron chi connectivity index (χ2n) is 3.75. The summed E-state index contributed by atoms with van der Waals surface area (Å²) >= 11 is 0. The summed E-state index contributed by atoms with van der Waals surface area (Å²) in [5.41, 5.74) is 0.783. The van der Waals surface area contributed by atoms with E-state index in [1.54, 1.807) is 13.0 Å². The van der Waals surface area contributed by atoms with E-state index in [0.717, 1.165) is 17.8 Å². The number of phenols is 3. The van der Waals surface area contributed by atoms with Crippen molar-refractivity contribution in [2.45, 2.75) is 6.92 Å². The van der Waals surface area contributed by atoms with Gasteiger partial charge in [0, 0.05) is 17.3 Å². The Morgan fingerprint density at radius 1 is 1.22 bits per heavy atom. The molecular formula is C11H11N3O4. The lowest BCUT2D eigenvalue weighted by Gasteiger charge is -2.05. The molecule has 7 heteroatoms. The standard InChI is InChI=1S/C11H11N3O4/c1-5-2-9(14-13-5)12-11(18)6-3-7(15)10(17)8(16)4-6/h2-4,15-17H,1H3,(H2,12,13,14,18). The summed E-state index contributed by atoms with van der Waals surface area (Å²) in [5, 5.41) is 36.7. The molecule has 1 aromatic heterocycles. The molecule has 0 unspecified atom stereocenters. The zero-order valence-electron chi connectivity index (χ0n) is 9.43. The smallest absolute Gasteiger partial charge is 0.257 e. The van der Waals surface area contributed by atoms with Crippen LogP contribution in [0.25, 0.3) is 0 Å². The van der Waals surface area contributed by atoms with Crippen molar-refractivity contribution in [3.8, 4) is 17.2 Å². The fourth-order valence-corrected chi connectivity index (χ4v) is 1.41. The molecule has 2 aromatic rings. The Hall–Kier alpha value is -2.70. The third-order valence-electron chi connectivity index (χ3n) is 2.28. The van der Waals surface area contributed by atoms with Gasteiger partial charge in [0.25, 0.3) is 5.91 Å². The number of hydrogen-bond acceptors (Lipinski definition) is 5. The van der Waals surface area contributed by atoms with E-state index in [2.05, 4.69) is 15.5 Å². The van der Waals surface area contributed by atoms with E-state index in [4.69, 9.17) is 5.11 Å². The highest BCUT2D eigenvalue weighted by Crippen LogP contribution is 2.35. The van der Waals surface area contributed by atoms with Crippen LogP contribution in [0.15, 0.2) is 18.2 Å². The lowest BCUT2D eigenvalue weighted by molar-refractivity contribution is 0.102. The SMILES string of the molecule is Cc1cc(NC(=O)c2cc(O)c(O)c(O)c2)n[nH]1. The van der Waals surface area contributed by atoms with Gasteiger partial charge in [0.15, 0.2) is 23.1 Å². The van der Waals surface area contributed by atoms with Gasteiger partial charge in [0.1, 0.15) is 0 Å². The van der Waals surface area contributed by atoms with Crippen LogP contribution in [0.3, 0.4) is 0 Å². The van der Waals surface area contributed by atoms with E-state index >= 15 is 0 Å². The second kappa shape index (κ2) is 4.28. The minimum absolute atomic E-state index is 0.00320. The summed E-state index contributed by atoms with van der Waals surface area (Å²) in [7, 11) is 0. The molecule has 0 saturated heterocycles. The number of amides is 1. The van der Waals surface area contributed by atoms with E-state index in [0.29, 0.717) is 5.82 Å². The minimum Gasteiger partial charge on any atom is -0.504 e. The summed E-state index contributed by atoms with van der Waals surface area (Å²) < 4.78 is 0. The number of aromatic nitrogens is 2. The minimum atomic E-state index is -0.665. The third-order valence-corrected chi connectivity index (χ3v) is 2.28. The van der Waals surface area contributed by atoms with Gasteiger partial charge >= 0.3 is 0 Å². The number of hydrogen-bond donors (Lipinski definition) is 5. The van der Waals surface area contributed by atoms with Crippen LogP contribution in [0.1, 0.15) is 16.1 Å². The topological polar surface area (TPSA) is 118 Å². The molecule has 0 spiro atoms. The van der Waals surface area contributed by atoms with Crippen molar-refractivity contribution < 1.29 is 20.1 Å². The maximum absolute atomic E-state index is 11.8. The summed E-state index contributed by atoms with van der Waals surface area (Å²) in [6.07, 6.45) is 0. The van der Waals surface area contributed by atoms with Crippen LogP contribution in [0, 0.1) is 6.92 Å². The van der Waals surface area contributed by atoms with Crippen LogP contribution in [0.5, 0.6) is 17.2 Å². The van der Waals surface area contributed by atoms with Crippen molar-refractivity contribution in [1.82, 2.24) is 10.2 Å². The monoisotopic (exact) mass is 249 g/mol. The highest BCUT2D eigenvalue weighted by molar-refractivity contribution is 6.04. The zero-order chi connectivity index (χ0) is 13.3. The average Bonchev–Trinajstić information content (AvgIpc) is 2.71. The quantitative estimate of drug-likeness (QED) is 0.510. The van der Waals surface area contributed by atoms with Gasteiger partial charge in [0.2, 0.25) is 0 Å². The van der Waals surface area contributed by atoms with Crippen LogP contribution in [0.2, 0.25) is 0 Å². The average molecular weight is 249 g/mol. The largest absolute Gasteiger partial charge is 0.504 e. The second-order valence-corrected chi connectivity index (χ2v) is 3.75. The normalized spacial score (nSPS) is 10.3. The number of carbonyl (C=O) groups is 1. The van der Waals surface area contributed by atoms with Gasteiger partial charge in [0.05, 0.1) is 0 Å². The van der Waals surface area contributed by atoms with Gasteiger partial charge < -0.3 is 20.6 Å². The number of anilines is 1. The molecule has 0 saturated carbocycles. The third kappa shape index (κ3) is 2.19. The maximum Gasteiger partial charge on any atom is 0.257 e.